The molecule has 0 saturated heterocycles. The second-order valence-electron chi connectivity index (χ2n) is 7.79. The molecule has 0 spiro atoms. The lowest BCUT2D eigenvalue weighted by Gasteiger charge is -2.30. The summed E-state index contributed by atoms with van der Waals surface area (Å²) in [7, 11) is 0. The maximum absolute atomic E-state index is 13.0. The van der Waals surface area contributed by atoms with Crippen LogP contribution >= 0.6 is 0 Å². The molecule has 1 aliphatic rings. The predicted octanol–water partition coefficient (Wildman–Crippen LogP) is 6.01. The van der Waals surface area contributed by atoms with Crippen molar-refractivity contribution < 1.29 is 14.3 Å². The fraction of sp³-hybridized carbons (Fsp3) is 0.346. The van der Waals surface area contributed by atoms with Crippen molar-refractivity contribution in [2.75, 3.05) is 24.6 Å². The van der Waals surface area contributed by atoms with Gasteiger partial charge in [0.25, 0.3) is 0 Å². The molecule has 0 aliphatic carbocycles. The van der Waals surface area contributed by atoms with E-state index in [1.165, 1.54) is 5.69 Å². The number of rotatable bonds is 8. The Morgan fingerprint density at radius 2 is 1.77 bits per heavy atom. The molecule has 0 radical (unpaired) electrons. The highest BCUT2D eigenvalue weighted by molar-refractivity contribution is 6.09. The quantitative estimate of drug-likeness (QED) is 0.398. The Hall–Kier alpha value is -3.01. The second kappa shape index (κ2) is 9.21. The zero-order chi connectivity index (χ0) is 21.7. The highest BCUT2D eigenvalue weighted by atomic mass is 16.5. The van der Waals surface area contributed by atoms with Gasteiger partial charge in [-0.15, -0.1) is 0 Å². The SMILES string of the molecule is CCOc1ccc(C(=O)/C=C/c2ccc(N(CC)CC)cc2)c2c1C=CC(C)(C)O2. The summed E-state index contributed by atoms with van der Waals surface area (Å²) in [6.45, 7) is 12.7. The first-order valence-electron chi connectivity index (χ1n) is 10.6. The van der Waals surface area contributed by atoms with E-state index in [0.717, 1.165) is 30.0 Å². The molecular formula is C26H31NO3. The van der Waals surface area contributed by atoms with Gasteiger partial charge >= 0.3 is 0 Å². The van der Waals surface area contributed by atoms with Crippen molar-refractivity contribution in [1.29, 1.82) is 0 Å². The average molecular weight is 406 g/mol. The lowest BCUT2D eigenvalue weighted by atomic mass is 9.97. The Morgan fingerprint density at radius 3 is 2.40 bits per heavy atom. The Morgan fingerprint density at radius 1 is 1.07 bits per heavy atom. The summed E-state index contributed by atoms with van der Waals surface area (Å²) in [5.74, 6) is 1.22. The molecule has 2 aromatic rings. The Kier molecular flexibility index (Phi) is 6.66. The van der Waals surface area contributed by atoms with E-state index in [1.807, 2.05) is 57.2 Å². The van der Waals surface area contributed by atoms with E-state index in [-0.39, 0.29) is 5.78 Å². The van der Waals surface area contributed by atoms with Crippen LogP contribution in [0.4, 0.5) is 5.69 Å². The number of hydrogen-bond donors (Lipinski definition) is 0. The first kappa shape index (κ1) is 21.7. The van der Waals surface area contributed by atoms with E-state index in [2.05, 4.69) is 30.9 Å². The van der Waals surface area contributed by atoms with Crippen molar-refractivity contribution in [2.24, 2.45) is 0 Å². The van der Waals surface area contributed by atoms with E-state index in [1.54, 1.807) is 12.1 Å². The van der Waals surface area contributed by atoms with Crippen molar-refractivity contribution in [3.05, 3.63) is 65.2 Å². The first-order valence-corrected chi connectivity index (χ1v) is 10.6. The minimum atomic E-state index is -0.475. The van der Waals surface area contributed by atoms with Crippen molar-refractivity contribution in [3.8, 4) is 11.5 Å². The van der Waals surface area contributed by atoms with Crippen LogP contribution in [0.2, 0.25) is 0 Å². The molecule has 30 heavy (non-hydrogen) atoms. The molecule has 0 saturated carbocycles. The molecule has 2 aromatic carbocycles. The molecule has 0 aromatic heterocycles. The number of carbonyl (C=O) groups is 1. The van der Waals surface area contributed by atoms with Crippen LogP contribution < -0.4 is 14.4 Å². The number of ether oxygens (including phenoxy) is 2. The zero-order valence-corrected chi connectivity index (χ0v) is 18.6. The third-order valence-corrected chi connectivity index (χ3v) is 5.19. The summed E-state index contributed by atoms with van der Waals surface area (Å²) in [4.78, 5) is 15.3. The topological polar surface area (TPSA) is 38.8 Å². The summed E-state index contributed by atoms with van der Waals surface area (Å²) < 4.78 is 11.9. The minimum Gasteiger partial charge on any atom is -0.493 e. The number of allylic oxidation sites excluding steroid dienone is 1. The summed E-state index contributed by atoms with van der Waals surface area (Å²) in [6.07, 6.45) is 7.42. The van der Waals surface area contributed by atoms with Crippen LogP contribution in [-0.4, -0.2) is 31.1 Å². The molecule has 0 atom stereocenters. The van der Waals surface area contributed by atoms with Gasteiger partial charge in [-0.05, 0) is 82.7 Å². The summed E-state index contributed by atoms with van der Waals surface area (Å²) in [5, 5.41) is 0. The van der Waals surface area contributed by atoms with Gasteiger partial charge in [0.2, 0.25) is 0 Å². The van der Waals surface area contributed by atoms with Crippen molar-refractivity contribution in [3.63, 3.8) is 0 Å². The first-order chi connectivity index (χ1) is 14.4. The molecule has 158 valence electrons. The van der Waals surface area contributed by atoms with Crippen LogP contribution in [0.25, 0.3) is 12.2 Å². The largest absolute Gasteiger partial charge is 0.493 e. The molecular weight excluding hydrogens is 374 g/mol. The van der Waals surface area contributed by atoms with Gasteiger partial charge in [-0.25, -0.2) is 0 Å². The fourth-order valence-electron chi connectivity index (χ4n) is 3.55. The third kappa shape index (κ3) is 4.76. The molecule has 0 bridgehead atoms. The molecule has 4 heteroatoms. The van der Waals surface area contributed by atoms with Crippen molar-refractivity contribution in [2.45, 2.75) is 40.2 Å². The number of carbonyl (C=O) groups excluding carboxylic acids is 1. The minimum absolute atomic E-state index is 0.0896. The van der Waals surface area contributed by atoms with Gasteiger partial charge in [0.05, 0.1) is 17.7 Å². The van der Waals surface area contributed by atoms with E-state index in [4.69, 9.17) is 9.47 Å². The Balaban J connectivity index is 1.86. The molecule has 0 fully saturated rings. The van der Waals surface area contributed by atoms with Crippen LogP contribution in [0.3, 0.4) is 0 Å². The van der Waals surface area contributed by atoms with Crippen LogP contribution in [0.1, 0.15) is 56.1 Å². The standard InChI is InChI=1S/C26H31NO3/c1-6-27(7-2)20-12-9-19(10-13-20)11-15-23(28)21-14-16-24(29-8-3)22-17-18-26(4,5)30-25(21)22/h9-18H,6-8H2,1-5H3/b15-11+. The van der Waals surface area contributed by atoms with E-state index >= 15 is 0 Å². The number of ketones is 1. The van der Waals surface area contributed by atoms with Crippen molar-refractivity contribution >= 4 is 23.6 Å². The number of fused-ring (bicyclic) bond motifs is 1. The van der Waals surface area contributed by atoms with Gasteiger partial charge in [-0.3, -0.25) is 4.79 Å². The second-order valence-corrected chi connectivity index (χ2v) is 7.79. The van der Waals surface area contributed by atoms with E-state index < -0.39 is 5.60 Å². The molecule has 1 aliphatic heterocycles. The van der Waals surface area contributed by atoms with Gasteiger partial charge in [0.1, 0.15) is 17.1 Å². The molecule has 0 unspecified atom stereocenters. The number of hydrogen-bond acceptors (Lipinski definition) is 4. The smallest absolute Gasteiger partial charge is 0.189 e. The highest BCUT2D eigenvalue weighted by Gasteiger charge is 2.27. The van der Waals surface area contributed by atoms with Crippen LogP contribution in [0, 0.1) is 0 Å². The fourth-order valence-corrected chi connectivity index (χ4v) is 3.55. The molecule has 0 N–H and O–H groups in total. The molecule has 1 heterocycles. The Labute approximate surface area is 179 Å². The van der Waals surface area contributed by atoms with Gasteiger partial charge in [0.15, 0.2) is 5.78 Å². The van der Waals surface area contributed by atoms with E-state index in [9.17, 15) is 4.79 Å². The molecule has 3 rings (SSSR count). The predicted molar refractivity (Wildman–Crippen MR) is 125 cm³/mol. The lowest BCUT2D eigenvalue weighted by molar-refractivity contribution is 0.103. The van der Waals surface area contributed by atoms with Gasteiger partial charge < -0.3 is 14.4 Å². The van der Waals surface area contributed by atoms with Crippen LogP contribution in [-0.2, 0) is 0 Å². The van der Waals surface area contributed by atoms with Gasteiger partial charge in [-0.2, -0.15) is 0 Å². The Bertz CT molecular complexity index is 951. The summed E-state index contributed by atoms with van der Waals surface area (Å²) in [6, 6.07) is 11.9. The summed E-state index contributed by atoms with van der Waals surface area (Å²) in [5.41, 5.74) is 3.06. The highest BCUT2D eigenvalue weighted by Crippen LogP contribution is 2.40. The van der Waals surface area contributed by atoms with E-state index in [0.29, 0.717) is 17.9 Å². The third-order valence-electron chi connectivity index (χ3n) is 5.19. The maximum atomic E-state index is 13.0. The van der Waals surface area contributed by atoms with Crippen LogP contribution in [0.5, 0.6) is 11.5 Å². The van der Waals surface area contributed by atoms with Crippen LogP contribution in [0.15, 0.2) is 48.6 Å². The maximum Gasteiger partial charge on any atom is 0.189 e. The monoisotopic (exact) mass is 405 g/mol. The molecule has 0 amide bonds. The number of benzene rings is 2. The zero-order valence-electron chi connectivity index (χ0n) is 18.6. The average Bonchev–Trinajstić information content (AvgIpc) is 2.73. The molecule has 4 nitrogen and oxygen atoms in total. The van der Waals surface area contributed by atoms with Gasteiger partial charge in [0, 0.05) is 18.8 Å². The van der Waals surface area contributed by atoms with Gasteiger partial charge in [-0.1, -0.05) is 18.2 Å². The summed E-state index contributed by atoms with van der Waals surface area (Å²) >= 11 is 0. The lowest BCUT2D eigenvalue weighted by Crippen LogP contribution is -2.28. The number of anilines is 1. The normalized spacial score (nSPS) is 14.3. The number of nitrogens with zero attached hydrogens (tertiary/aromatic N) is 1. The van der Waals surface area contributed by atoms with Crippen molar-refractivity contribution in [1.82, 2.24) is 0 Å².